The molecule has 1 rings (SSSR count). The van der Waals surface area contributed by atoms with E-state index in [1.165, 1.54) is 6.26 Å². The number of hydrogen-bond donors (Lipinski definition) is 1. The summed E-state index contributed by atoms with van der Waals surface area (Å²) >= 11 is 0. The average Bonchev–Trinajstić information content (AvgIpc) is 2.58. The standard InChI is InChI=1S/C11H23NO3S/c1-9-7-10(8-15-9)11(12-2)5-4-6-16(3,13)14/h9-12H,4-8H2,1-3H3. The molecule has 0 bridgehead atoms. The van der Waals surface area contributed by atoms with E-state index in [0.717, 1.165) is 25.9 Å². The molecule has 1 aliphatic heterocycles. The van der Waals surface area contributed by atoms with Crippen LogP contribution in [0, 0.1) is 5.92 Å². The molecule has 16 heavy (non-hydrogen) atoms. The van der Waals surface area contributed by atoms with Crippen LogP contribution in [0.25, 0.3) is 0 Å². The summed E-state index contributed by atoms with van der Waals surface area (Å²) in [5.74, 6) is 0.813. The first-order chi connectivity index (χ1) is 7.42. The second-order valence-electron chi connectivity index (χ2n) is 4.81. The minimum atomic E-state index is -2.82. The number of sulfone groups is 1. The maximum Gasteiger partial charge on any atom is 0.147 e. The Morgan fingerprint density at radius 2 is 2.19 bits per heavy atom. The normalized spacial score (nSPS) is 28.2. The molecule has 0 spiro atoms. The van der Waals surface area contributed by atoms with E-state index in [1.54, 1.807) is 0 Å². The lowest BCUT2D eigenvalue weighted by Gasteiger charge is -2.21. The molecule has 0 aromatic heterocycles. The van der Waals surface area contributed by atoms with Crippen molar-refractivity contribution in [2.75, 3.05) is 25.7 Å². The summed E-state index contributed by atoms with van der Waals surface area (Å²) in [7, 11) is -0.883. The Hall–Kier alpha value is -0.130. The minimum absolute atomic E-state index is 0.286. The highest BCUT2D eigenvalue weighted by Crippen LogP contribution is 2.24. The van der Waals surface area contributed by atoms with Crippen LogP contribution in [-0.4, -0.2) is 46.2 Å². The van der Waals surface area contributed by atoms with Crippen molar-refractivity contribution < 1.29 is 13.2 Å². The first kappa shape index (κ1) is 13.9. The zero-order chi connectivity index (χ0) is 12.2. The van der Waals surface area contributed by atoms with Crippen molar-refractivity contribution in [3.63, 3.8) is 0 Å². The second-order valence-corrected chi connectivity index (χ2v) is 7.07. The largest absolute Gasteiger partial charge is 0.378 e. The molecule has 4 nitrogen and oxygen atoms in total. The van der Waals surface area contributed by atoms with Crippen molar-refractivity contribution in [1.82, 2.24) is 5.32 Å². The lowest BCUT2D eigenvalue weighted by molar-refractivity contribution is 0.116. The molecule has 0 radical (unpaired) electrons. The molecule has 1 aliphatic rings. The second kappa shape index (κ2) is 5.98. The fourth-order valence-corrected chi connectivity index (χ4v) is 3.00. The van der Waals surface area contributed by atoms with Gasteiger partial charge in [0, 0.05) is 24.0 Å². The van der Waals surface area contributed by atoms with E-state index in [1.807, 2.05) is 7.05 Å². The third kappa shape index (κ3) is 4.80. The summed E-state index contributed by atoms with van der Waals surface area (Å²) in [5, 5.41) is 3.28. The fraction of sp³-hybridized carbons (Fsp3) is 1.00. The van der Waals surface area contributed by atoms with E-state index < -0.39 is 9.84 Å². The Morgan fingerprint density at radius 1 is 1.50 bits per heavy atom. The van der Waals surface area contributed by atoms with E-state index in [2.05, 4.69) is 12.2 Å². The van der Waals surface area contributed by atoms with Gasteiger partial charge in [-0.2, -0.15) is 0 Å². The van der Waals surface area contributed by atoms with E-state index in [9.17, 15) is 8.42 Å². The van der Waals surface area contributed by atoms with Crippen LogP contribution in [0.1, 0.15) is 26.2 Å². The molecule has 0 aliphatic carbocycles. The Labute approximate surface area is 98.7 Å². The molecule has 1 heterocycles. The molecule has 3 atom stereocenters. The number of hydrogen-bond acceptors (Lipinski definition) is 4. The van der Waals surface area contributed by atoms with Crippen molar-refractivity contribution in [2.24, 2.45) is 5.92 Å². The third-order valence-corrected chi connectivity index (χ3v) is 4.23. The molecule has 1 N–H and O–H groups in total. The zero-order valence-electron chi connectivity index (χ0n) is 10.4. The first-order valence-corrected chi connectivity index (χ1v) is 7.95. The van der Waals surface area contributed by atoms with Crippen LogP contribution < -0.4 is 5.32 Å². The van der Waals surface area contributed by atoms with Gasteiger partial charge in [-0.15, -0.1) is 0 Å². The van der Waals surface area contributed by atoms with Gasteiger partial charge in [0.1, 0.15) is 9.84 Å². The van der Waals surface area contributed by atoms with E-state index in [4.69, 9.17) is 4.74 Å². The quantitative estimate of drug-likeness (QED) is 0.757. The Kier molecular flexibility index (Phi) is 5.21. The van der Waals surface area contributed by atoms with E-state index >= 15 is 0 Å². The van der Waals surface area contributed by atoms with Gasteiger partial charge >= 0.3 is 0 Å². The van der Waals surface area contributed by atoms with Gasteiger partial charge in [0.2, 0.25) is 0 Å². The molecule has 5 heteroatoms. The number of ether oxygens (including phenoxy) is 1. The highest BCUT2D eigenvalue weighted by Gasteiger charge is 2.28. The van der Waals surface area contributed by atoms with Crippen molar-refractivity contribution in [3.05, 3.63) is 0 Å². The predicted octanol–water partition coefficient (Wildman–Crippen LogP) is 0.824. The summed E-state index contributed by atoms with van der Waals surface area (Å²) in [5.41, 5.74) is 0. The van der Waals surface area contributed by atoms with Crippen molar-refractivity contribution in [3.8, 4) is 0 Å². The maximum atomic E-state index is 11.0. The monoisotopic (exact) mass is 249 g/mol. The molecule has 0 amide bonds. The molecule has 1 saturated heterocycles. The van der Waals surface area contributed by atoms with Gasteiger partial charge in [-0.3, -0.25) is 0 Å². The van der Waals surface area contributed by atoms with Gasteiger partial charge in [0.15, 0.2) is 0 Å². The van der Waals surface area contributed by atoms with Gasteiger partial charge in [-0.25, -0.2) is 8.42 Å². The Balaban J connectivity index is 2.32. The summed E-state index contributed by atoms with van der Waals surface area (Å²) in [6.07, 6.45) is 4.35. The van der Waals surface area contributed by atoms with Gasteiger partial charge in [0.25, 0.3) is 0 Å². The number of nitrogens with one attached hydrogen (secondary N) is 1. The van der Waals surface area contributed by atoms with Gasteiger partial charge in [0.05, 0.1) is 12.7 Å². The van der Waals surface area contributed by atoms with Gasteiger partial charge in [-0.1, -0.05) is 0 Å². The zero-order valence-corrected chi connectivity index (χ0v) is 11.2. The Bertz CT molecular complexity index is 302. The molecule has 96 valence electrons. The van der Waals surface area contributed by atoms with Crippen LogP contribution in [0.2, 0.25) is 0 Å². The minimum Gasteiger partial charge on any atom is -0.378 e. The maximum absolute atomic E-state index is 11.0. The molecule has 3 unspecified atom stereocenters. The average molecular weight is 249 g/mol. The highest BCUT2D eigenvalue weighted by atomic mass is 32.2. The van der Waals surface area contributed by atoms with Crippen LogP contribution in [0.15, 0.2) is 0 Å². The molecule has 0 saturated carbocycles. The summed E-state index contributed by atoms with van der Waals surface area (Å²) in [4.78, 5) is 0. The lowest BCUT2D eigenvalue weighted by Crippen LogP contribution is -2.34. The molecule has 0 aromatic carbocycles. The van der Waals surface area contributed by atoms with E-state index in [-0.39, 0.29) is 5.75 Å². The van der Waals surface area contributed by atoms with Crippen LogP contribution in [0.4, 0.5) is 0 Å². The first-order valence-electron chi connectivity index (χ1n) is 5.89. The number of rotatable bonds is 6. The topological polar surface area (TPSA) is 55.4 Å². The third-order valence-electron chi connectivity index (χ3n) is 3.20. The SMILES string of the molecule is CNC(CCCS(C)(=O)=O)C1COC(C)C1. The molecule has 1 fully saturated rings. The summed E-state index contributed by atoms with van der Waals surface area (Å²) in [6.45, 7) is 2.88. The van der Waals surface area contributed by atoms with Crippen molar-refractivity contribution >= 4 is 9.84 Å². The van der Waals surface area contributed by atoms with Gasteiger partial charge < -0.3 is 10.1 Å². The predicted molar refractivity (Wildman–Crippen MR) is 65.3 cm³/mol. The van der Waals surface area contributed by atoms with Crippen molar-refractivity contribution in [2.45, 2.75) is 38.3 Å². The molecular weight excluding hydrogens is 226 g/mol. The van der Waals surface area contributed by atoms with Crippen molar-refractivity contribution in [1.29, 1.82) is 0 Å². The van der Waals surface area contributed by atoms with Crippen LogP contribution in [0.3, 0.4) is 0 Å². The molecular formula is C11H23NO3S. The van der Waals surface area contributed by atoms with Crippen LogP contribution in [0.5, 0.6) is 0 Å². The highest BCUT2D eigenvalue weighted by molar-refractivity contribution is 7.90. The lowest BCUT2D eigenvalue weighted by atomic mass is 9.94. The summed E-state index contributed by atoms with van der Waals surface area (Å²) < 4.78 is 27.6. The van der Waals surface area contributed by atoms with Gasteiger partial charge in [-0.05, 0) is 33.2 Å². The Morgan fingerprint density at radius 3 is 2.62 bits per heavy atom. The van der Waals surface area contributed by atoms with Crippen LogP contribution in [-0.2, 0) is 14.6 Å². The fourth-order valence-electron chi connectivity index (χ4n) is 2.31. The van der Waals surface area contributed by atoms with Crippen LogP contribution >= 0.6 is 0 Å². The smallest absolute Gasteiger partial charge is 0.147 e. The molecule has 0 aromatic rings. The summed E-state index contributed by atoms with van der Waals surface area (Å²) in [6, 6.07) is 0.381. The van der Waals surface area contributed by atoms with E-state index in [0.29, 0.717) is 18.1 Å².